The lowest BCUT2D eigenvalue weighted by Gasteiger charge is -2.19. The summed E-state index contributed by atoms with van der Waals surface area (Å²) in [5.74, 6) is 0.729. The zero-order valence-electron chi connectivity index (χ0n) is 17.1. The van der Waals surface area contributed by atoms with E-state index >= 15 is 0 Å². The summed E-state index contributed by atoms with van der Waals surface area (Å²) in [6, 6.07) is 8.13. The fraction of sp³-hybridized carbons (Fsp3) is 0.409. The van der Waals surface area contributed by atoms with Crippen molar-refractivity contribution in [2.45, 2.75) is 39.0 Å². The van der Waals surface area contributed by atoms with Gasteiger partial charge >= 0.3 is 6.41 Å². The SMILES string of the molecule is CCCOC(O)[NH2+]C1C=CC(c2c(C#N)c3ccc(OC)cc3n2COC)=CC1. The first kappa shape index (κ1) is 21.1. The number of aliphatic hydroxyl groups is 1. The summed E-state index contributed by atoms with van der Waals surface area (Å²) in [6.45, 7) is 2.86. The Kier molecular flexibility index (Phi) is 7.07. The van der Waals surface area contributed by atoms with E-state index < -0.39 is 6.41 Å². The second kappa shape index (κ2) is 9.72. The van der Waals surface area contributed by atoms with Crippen molar-refractivity contribution in [1.82, 2.24) is 4.57 Å². The molecular formula is C22H28N3O4+. The highest BCUT2D eigenvalue weighted by atomic mass is 16.6. The number of quaternary nitrogens is 1. The van der Waals surface area contributed by atoms with Gasteiger partial charge in [0.2, 0.25) is 0 Å². The van der Waals surface area contributed by atoms with Crippen LogP contribution in [-0.4, -0.2) is 43.0 Å². The largest absolute Gasteiger partial charge is 0.497 e. The van der Waals surface area contributed by atoms with Crippen molar-refractivity contribution in [3.05, 3.63) is 47.7 Å². The van der Waals surface area contributed by atoms with Gasteiger partial charge in [0, 0.05) is 25.0 Å². The highest BCUT2D eigenvalue weighted by molar-refractivity contribution is 5.95. The Labute approximate surface area is 170 Å². The first-order chi connectivity index (χ1) is 14.1. The molecule has 2 unspecified atom stereocenters. The molecule has 3 N–H and O–H groups in total. The fourth-order valence-electron chi connectivity index (χ4n) is 3.59. The monoisotopic (exact) mass is 398 g/mol. The van der Waals surface area contributed by atoms with Gasteiger partial charge < -0.3 is 23.9 Å². The summed E-state index contributed by atoms with van der Waals surface area (Å²) in [7, 11) is 3.26. The lowest BCUT2D eigenvalue weighted by Crippen LogP contribution is -2.95. The number of aliphatic hydroxyl groups excluding tert-OH is 1. The zero-order chi connectivity index (χ0) is 20.8. The quantitative estimate of drug-likeness (QED) is 0.631. The Bertz CT molecular complexity index is 955. The van der Waals surface area contributed by atoms with Crippen LogP contribution in [0.2, 0.25) is 0 Å². The van der Waals surface area contributed by atoms with E-state index in [-0.39, 0.29) is 6.04 Å². The van der Waals surface area contributed by atoms with Crippen LogP contribution in [0.15, 0.2) is 36.4 Å². The lowest BCUT2D eigenvalue weighted by molar-refractivity contribution is -0.783. The molecule has 0 saturated heterocycles. The molecule has 1 aliphatic carbocycles. The number of hydrogen-bond donors (Lipinski definition) is 2. The van der Waals surface area contributed by atoms with E-state index in [1.54, 1.807) is 19.5 Å². The second-order valence-electron chi connectivity index (χ2n) is 6.94. The molecule has 1 aromatic carbocycles. The van der Waals surface area contributed by atoms with Gasteiger partial charge in [0.25, 0.3) is 0 Å². The molecular weight excluding hydrogens is 370 g/mol. The molecule has 154 valence electrons. The van der Waals surface area contributed by atoms with Gasteiger partial charge in [-0.2, -0.15) is 5.26 Å². The normalized spacial score (nSPS) is 17.2. The molecule has 7 nitrogen and oxygen atoms in total. The summed E-state index contributed by atoms with van der Waals surface area (Å²) < 4.78 is 18.1. The predicted molar refractivity (Wildman–Crippen MR) is 110 cm³/mol. The van der Waals surface area contributed by atoms with Crippen molar-refractivity contribution >= 4 is 16.5 Å². The van der Waals surface area contributed by atoms with Crippen LogP contribution in [0.3, 0.4) is 0 Å². The molecule has 0 radical (unpaired) electrons. The van der Waals surface area contributed by atoms with Gasteiger partial charge in [-0.25, -0.2) is 0 Å². The number of nitrogens with zero attached hydrogens (tertiary/aromatic N) is 2. The van der Waals surface area contributed by atoms with Gasteiger partial charge in [-0.1, -0.05) is 19.1 Å². The van der Waals surface area contributed by atoms with Crippen LogP contribution >= 0.6 is 0 Å². The summed E-state index contributed by atoms with van der Waals surface area (Å²) in [6.07, 6.45) is 6.83. The molecule has 0 fully saturated rings. The van der Waals surface area contributed by atoms with E-state index in [1.165, 1.54) is 0 Å². The number of ether oxygens (including phenoxy) is 3. The summed E-state index contributed by atoms with van der Waals surface area (Å²) in [4.78, 5) is 0. The Hall–Kier alpha value is -2.63. The number of nitriles is 1. The maximum atomic E-state index is 9.95. The number of allylic oxidation sites excluding steroid dienone is 2. The predicted octanol–water partition coefficient (Wildman–Crippen LogP) is 2.10. The van der Waals surface area contributed by atoms with E-state index in [0.717, 1.165) is 40.8 Å². The molecule has 0 aliphatic heterocycles. The van der Waals surface area contributed by atoms with Gasteiger partial charge in [0.1, 0.15) is 24.6 Å². The Morgan fingerprint density at radius 1 is 1.38 bits per heavy atom. The number of methoxy groups -OCH3 is 2. The smallest absolute Gasteiger partial charge is 0.303 e. The van der Waals surface area contributed by atoms with Gasteiger partial charge in [0.05, 0.1) is 30.5 Å². The molecule has 0 saturated carbocycles. The van der Waals surface area contributed by atoms with Crippen molar-refractivity contribution in [2.75, 3.05) is 20.8 Å². The van der Waals surface area contributed by atoms with Gasteiger partial charge in [0.15, 0.2) is 0 Å². The topological polar surface area (TPSA) is 93.3 Å². The molecule has 1 heterocycles. The standard InChI is InChI=1S/C22H27N3O4/c1-4-11-29-22(26)24-16-7-5-15(6-8-16)21-19(13-23)18-10-9-17(28-3)12-20(18)25(21)14-27-2/h5-7,9-10,12,16,22,24,26H,4,8,11,14H2,1-3H3/p+1. The van der Waals surface area contributed by atoms with E-state index in [1.807, 2.05) is 41.8 Å². The third kappa shape index (κ3) is 4.52. The molecule has 3 rings (SSSR count). The lowest BCUT2D eigenvalue weighted by atomic mass is 9.98. The minimum Gasteiger partial charge on any atom is -0.497 e. The Morgan fingerprint density at radius 3 is 2.83 bits per heavy atom. The third-order valence-corrected chi connectivity index (χ3v) is 4.95. The van der Waals surface area contributed by atoms with Crippen molar-refractivity contribution in [3.63, 3.8) is 0 Å². The maximum absolute atomic E-state index is 9.95. The van der Waals surface area contributed by atoms with Crippen LogP contribution in [0.5, 0.6) is 5.75 Å². The molecule has 0 amide bonds. The zero-order valence-corrected chi connectivity index (χ0v) is 17.1. The molecule has 1 aromatic heterocycles. The number of rotatable bonds is 9. The number of benzene rings is 1. The van der Waals surface area contributed by atoms with E-state index in [2.05, 4.69) is 12.1 Å². The van der Waals surface area contributed by atoms with Crippen LogP contribution < -0.4 is 10.1 Å². The number of fused-ring (bicyclic) bond motifs is 1. The van der Waals surface area contributed by atoms with E-state index in [0.29, 0.717) is 18.9 Å². The molecule has 0 bridgehead atoms. The average molecular weight is 398 g/mol. The van der Waals surface area contributed by atoms with E-state index in [4.69, 9.17) is 14.2 Å². The highest BCUT2D eigenvalue weighted by Crippen LogP contribution is 2.34. The minimum atomic E-state index is -0.873. The molecule has 7 heteroatoms. The van der Waals surface area contributed by atoms with Crippen LogP contribution in [-0.2, 0) is 16.2 Å². The molecule has 29 heavy (non-hydrogen) atoms. The van der Waals surface area contributed by atoms with Crippen molar-refractivity contribution in [1.29, 1.82) is 5.26 Å². The number of nitrogens with two attached hydrogens (primary N) is 1. The van der Waals surface area contributed by atoms with Crippen LogP contribution in [0.1, 0.15) is 31.0 Å². The van der Waals surface area contributed by atoms with Crippen LogP contribution in [0, 0.1) is 11.3 Å². The van der Waals surface area contributed by atoms with Crippen molar-refractivity contribution in [2.24, 2.45) is 0 Å². The maximum Gasteiger partial charge on any atom is 0.303 e. The summed E-state index contributed by atoms with van der Waals surface area (Å²) >= 11 is 0. The molecule has 2 atom stereocenters. The highest BCUT2D eigenvalue weighted by Gasteiger charge is 2.23. The van der Waals surface area contributed by atoms with Crippen molar-refractivity contribution in [3.8, 4) is 11.8 Å². The first-order valence-corrected chi connectivity index (χ1v) is 9.75. The number of aromatic nitrogens is 1. The Balaban J connectivity index is 1.93. The summed E-state index contributed by atoms with van der Waals surface area (Å²) in [5.41, 5.74) is 3.30. The van der Waals surface area contributed by atoms with Crippen LogP contribution in [0.25, 0.3) is 16.5 Å². The first-order valence-electron chi connectivity index (χ1n) is 9.75. The molecule has 1 aliphatic rings. The van der Waals surface area contributed by atoms with Gasteiger partial charge in [-0.3, -0.25) is 5.32 Å². The molecule has 2 aromatic rings. The number of hydrogen-bond acceptors (Lipinski definition) is 5. The van der Waals surface area contributed by atoms with Crippen LogP contribution in [0.4, 0.5) is 0 Å². The van der Waals surface area contributed by atoms with Gasteiger partial charge in [-0.05, 0) is 30.2 Å². The van der Waals surface area contributed by atoms with Crippen molar-refractivity contribution < 1.29 is 24.6 Å². The summed E-state index contributed by atoms with van der Waals surface area (Å²) in [5, 5.41) is 22.5. The molecule has 0 spiro atoms. The minimum absolute atomic E-state index is 0.0801. The van der Waals surface area contributed by atoms with Gasteiger partial charge in [-0.15, -0.1) is 0 Å². The fourth-order valence-corrected chi connectivity index (χ4v) is 3.59. The van der Waals surface area contributed by atoms with E-state index in [9.17, 15) is 10.4 Å². The Morgan fingerprint density at radius 2 is 2.21 bits per heavy atom. The third-order valence-electron chi connectivity index (χ3n) is 4.95. The average Bonchev–Trinajstić information content (AvgIpc) is 3.05. The second-order valence-corrected chi connectivity index (χ2v) is 6.94.